The van der Waals surface area contributed by atoms with E-state index in [2.05, 4.69) is 10.3 Å². The molecular formula is C3H5N3O5. The first-order chi connectivity index (χ1) is 4.22. The smallest absolute Gasteiger partial charge is 0.343 e. The van der Waals surface area contributed by atoms with Gasteiger partial charge in [-0.2, -0.15) is 0 Å². The SMILES string of the molecule is O.O.O=C1N=NNC(=O)C1=O. The molecular weight excluding hydrogens is 158 g/mol. The first-order valence-corrected chi connectivity index (χ1v) is 2.01. The highest BCUT2D eigenvalue weighted by atomic mass is 16.2. The molecule has 0 fully saturated rings. The molecule has 0 aromatic heterocycles. The van der Waals surface area contributed by atoms with E-state index in [1.165, 1.54) is 0 Å². The number of nitrogens with zero attached hydrogens (tertiary/aromatic N) is 2. The predicted molar refractivity (Wildman–Crippen MR) is 30.2 cm³/mol. The van der Waals surface area contributed by atoms with Crippen molar-refractivity contribution in [1.82, 2.24) is 5.43 Å². The summed E-state index contributed by atoms with van der Waals surface area (Å²) < 4.78 is 0. The lowest BCUT2D eigenvalue weighted by molar-refractivity contribution is -0.146. The van der Waals surface area contributed by atoms with E-state index in [0.717, 1.165) is 0 Å². The average molecular weight is 163 g/mol. The number of ketones is 1. The fourth-order valence-corrected chi connectivity index (χ4v) is 0.309. The molecule has 1 aliphatic rings. The maximum atomic E-state index is 10.2. The molecule has 11 heavy (non-hydrogen) atoms. The number of Topliss-reactive ketones (excluding diaryl/α,β-unsaturated/α-hetero) is 1. The minimum atomic E-state index is -1.18. The largest absolute Gasteiger partial charge is 0.412 e. The normalized spacial score (nSPS) is 14.7. The Hall–Kier alpha value is -1.67. The van der Waals surface area contributed by atoms with E-state index in [-0.39, 0.29) is 11.0 Å². The Morgan fingerprint density at radius 3 is 2.00 bits per heavy atom. The highest BCUT2D eigenvalue weighted by Crippen LogP contribution is 1.87. The van der Waals surface area contributed by atoms with Gasteiger partial charge in [0.25, 0.3) is 0 Å². The van der Waals surface area contributed by atoms with Crippen molar-refractivity contribution >= 4 is 17.6 Å². The molecule has 5 N–H and O–H groups in total. The number of carbonyl (C=O) groups excluding carboxylic acids is 3. The van der Waals surface area contributed by atoms with Crippen LogP contribution in [0, 0.1) is 0 Å². The second-order valence-electron chi connectivity index (χ2n) is 1.28. The van der Waals surface area contributed by atoms with Crippen LogP contribution in [0.3, 0.4) is 0 Å². The monoisotopic (exact) mass is 163 g/mol. The average Bonchev–Trinajstić information content (AvgIpc) is 1.83. The molecule has 0 aliphatic carbocycles. The van der Waals surface area contributed by atoms with Crippen molar-refractivity contribution in [2.45, 2.75) is 0 Å². The van der Waals surface area contributed by atoms with Crippen molar-refractivity contribution in [2.24, 2.45) is 10.3 Å². The van der Waals surface area contributed by atoms with E-state index in [9.17, 15) is 14.4 Å². The van der Waals surface area contributed by atoms with Crippen LogP contribution in [0.1, 0.15) is 0 Å². The van der Waals surface area contributed by atoms with Gasteiger partial charge in [-0.05, 0) is 0 Å². The third-order valence-corrected chi connectivity index (χ3v) is 0.693. The summed E-state index contributed by atoms with van der Waals surface area (Å²) >= 11 is 0. The third-order valence-electron chi connectivity index (χ3n) is 0.693. The first kappa shape index (κ1) is 12.0. The van der Waals surface area contributed by atoms with Crippen molar-refractivity contribution < 1.29 is 25.3 Å². The van der Waals surface area contributed by atoms with Gasteiger partial charge in [0.2, 0.25) is 0 Å². The summed E-state index contributed by atoms with van der Waals surface area (Å²) in [7, 11) is 0. The number of nitrogens with one attached hydrogen (secondary N) is 1. The van der Waals surface area contributed by atoms with Gasteiger partial charge < -0.3 is 11.0 Å². The van der Waals surface area contributed by atoms with E-state index in [0.29, 0.717) is 0 Å². The van der Waals surface area contributed by atoms with Crippen molar-refractivity contribution in [1.29, 1.82) is 0 Å². The summed E-state index contributed by atoms with van der Waals surface area (Å²) in [6.45, 7) is 0. The van der Waals surface area contributed by atoms with E-state index >= 15 is 0 Å². The number of hydrogen-bond acceptors (Lipinski definition) is 4. The Kier molecular flexibility index (Phi) is 4.59. The van der Waals surface area contributed by atoms with Crippen LogP contribution >= 0.6 is 0 Å². The molecule has 0 aromatic carbocycles. The van der Waals surface area contributed by atoms with Crippen LogP contribution in [0.25, 0.3) is 0 Å². The van der Waals surface area contributed by atoms with Crippen molar-refractivity contribution in [3.8, 4) is 0 Å². The number of amides is 2. The highest BCUT2D eigenvalue weighted by molar-refractivity contribution is 6.63. The molecule has 0 saturated heterocycles. The predicted octanol–water partition coefficient (Wildman–Crippen LogP) is -3.07. The minimum absolute atomic E-state index is 0. The van der Waals surface area contributed by atoms with Crippen LogP contribution in [-0.2, 0) is 14.4 Å². The summed E-state index contributed by atoms with van der Waals surface area (Å²) in [6.07, 6.45) is 0. The third kappa shape index (κ3) is 2.20. The van der Waals surface area contributed by atoms with Gasteiger partial charge >= 0.3 is 17.6 Å². The van der Waals surface area contributed by atoms with Gasteiger partial charge in [0.15, 0.2) is 0 Å². The second kappa shape index (κ2) is 4.19. The Labute approximate surface area is 59.9 Å². The second-order valence-corrected chi connectivity index (χ2v) is 1.28. The molecule has 0 bridgehead atoms. The maximum Gasteiger partial charge on any atom is 0.343 e. The molecule has 8 heteroatoms. The quantitative estimate of drug-likeness (QED) is 0.377. The Bertz CT molecular complexity index is 221. The molecule has 0 unspecified atom stereocenters. The number of carbonyl (C=O) groups is 3. The zero-order chi connectivity index (χ0) is 6.85. The van der Waals surface area contributed by atoms with Crippen LogP contribution in [0.15, 0.2) is 10.3 Å². The van der Waals surface area contributed by atoms with Crippen LogP contribution in [0.4, 0.5) is 0 Å². The lowest BCUT2D eigenvalue weighted by Crippen LogP contribution is -2.35. The molecule has 1 heterocycles. The standard InChI is InChI=1S/C3HN3O3.2H2O/c7-1-2(8)4-6-5-3(1)9;;/h(H,4,5,8,9);2*1H2. The Balaban J connectivity index is 0. The molecule has 62 valence electrons. The minimum Gasteiger partial charge on any atom is -0.412 e. The van der Waals surface area contributed by atoms with Crippen LogP contribution in [0.5, 0.6) is 0 Å². The first-order valence-electron chi connectivity index (χ1n) is 2.01. The van der Waals surface area contributed by atoms with Gasteiger partial charge in [-0.1, -0.05) is 10.3 Å². The maximum absolute atomic E-state index is 10.2. The van der Waals surface area contributed by atoms with Crippen LogP contribution in [-0.4, -0.2) is 28.5 Å². The number of hydrogen-bond donors (Lipinski definition) is 1. The molecule has 1 rings (SSSR count). The van der Waals surface area contributed by atoms with Gasteiger partial charge in [0.1, 0.15) is 0 Å². The zero-order valence-corrected chi connectivity index (χ0v) is 5.12. The highest BCUT2D eigenvalue weighted by Gasteiger charge is 2.25. The van der Waals surface area contributed by atoms with Crippen molar-refractivity contribution in [2.75, 3.05) is 0 Å². The Morgan fingerprint density at radius 2 is 1.64 bits per heavy atom. The zero-order valence-electron chi connectivity index (χ0n) is 5.12. The molecule has 2 amide bonds. The van der Waals surface area contributed by atoms with Gasteiger partial charge in [0.05, 0.1) is 0 Å². The van der Waals surface area contributed by atoms with Gasteiger partial charge in [-0.25, -0.2) is 5.43 Å². The van der Waals surface area contributed by atoms with Gasteiger partial charge in [-0.15, -0.1) is 0 Å². The molecule has 0 aromatic rings. The summed E-state index contributed by atoms with van der Waals surface area (Å²) in [5.41, 5.74) is 1.71. The van der Waals surface area contributed by atoms with Crippen molar-refractivity contribution in [3.05, 3.63) is 0 Å². The van der Waals surface area contributed by atoms with Gasteiger partial charge in [-0.3, -0.25) is 14.4 Å². The molecule has 0 radical (unpaired) electrons. The topological polar surface area (TPSA) is 151 Å². The molecule has 0 saturated carbocycles. The fourth-order valence-electron chi connectivity index (χ4n) is 0.309. The fraction of sp³-hybridized carbons (Fsp3) is 0. The summed E-state index contributed by atoms with van der Waals surface area (Å²) in [4.78, 5) is 30.5. The summed E-state index contributed by atoms with van der Waals surface area (Å²) in [6, 6.07) is 0. The molecule has 0 spiro atoms. The van der Waals surface area contributed by atoms with E-state index in [1.807, 2.05) is 0 Å². The Morgan fingerprint density at radius 1 is 1.09 bits per heavy atom. The molecule has 0 atom stereocenters. The van der Waals surface area contributed by atoms with E-state index < -0.39 is 17.6 Å². The van der Waals surface area contributed by atoms with Crippen LogP contribution < -0.4 is 5.43 Å². The lowest BCUT2D eigenvalue weighted by atomic mass is 10.3. The number of rotatable bonds is 0. The lowest BCUT2D eigenvalue weighted by Gasteiger charge is -1.96. The van der Waals surface area contributed by atoms with E-state index in [1.54, 1.807) is 5.43 Å². The summed E-state index contributed by atoms with van der Waals surface area (Å²) in [5, 5.41) is 5.61. The van der Waals surface area contributed by atoms with Gasteiger partial charge in [0, 0.05) is 0 Å². The molecule has 8 nitrogen and oxygen atoms in total. The van der Waals surface area contributed by atoms with Crippen molar-refractivity contribution in [3.63, 3.8) is 0 Å². The van der Waals surface area contributed by atoms with E-state index in [4.69, 9.17) is 0 Å². The van der Waals surface area contributed by atoms with Crippen LogP contribution in [0.2, 0.25) is 0 Å². The molecule has 1 aliphatic heterocycles. The summed E-state index contributed by atoms with van der Waals surface area (Å²) in [5.74, 6) is -3.33.